The molecule has 0 amide bonds. The van der Waals surface area contributed by atoms with Crippen LogP contribution in [0.5, 0.6) is 0 Å². The summed E-state index contributed by atoms with van der Waals surface area (Å²) in [4.78, 5) is 3.91. The van der Waals surface area contributed by atoms with Gasteiger partial charge in [-0.05, 0) is 19.7 Å². The molecule has 0 aliphatic carbocycles. The molecule has 0 radical (unpaired) electrons. The third-order valence-electron chi connectivity index (χ3n) is 1.05. The van der Waals surface area contributed by atoms with E-state index < -0.39 is 5.60 Å². The van der Waals surface area contributed by atoms with E-state index in [0.717, 1.165) is 0 Å². The second kappa shape index (κ2) is 2.18. The van der Waals surface area contributed by atoms with Gasteiger partial charge in [-0.25, -0.2) is 4.99 Å². The van der Waals surface area contributed by atoms with E-state index in [-0.39, 0.29) is 5.37 Å². The van der Waals surface area contributed by atoms with Gasteiger partial charge in [-0.15, -0.1) is 0 Å². The van der Waals surface area contributed by atoms with E-state index in [1.54, 1.807) is 19.3 Å². The fourth-order valence-corrected chi connectivity index (χ4v) is 1.25. The Morgan fingerprint density at radius 2 is 2.44 bits per heavy atom. The molecule has 1 heterocycles. The zero-order chi connectivity index (χ0) is 6.91. The minimum Gasteiger partial charge on any atom is -0.387 e. The molecule has 1 N–H and O–H groups in total. The minimum absolute atomic E-state index is 0.0579. The van der Waals surface area contributed by atoms with Crippen LogP contribution in [0.15, 0.2) is 10.4 Å². The summed E-state index contributed by atoms with van der Waals surface area (Å²) in [5, 5.41) is 11.1. The van der Waals surface area contributed by atoms with Crippen LogP contribution in [0, 0.1) is 0 Å². The Kier molecular flexibility index (Phi) is 1.66. The molecule has 0 bridgehead atoms. The fraction of sp³-hybridized carbons (Fsp3) is 0.667. The van der Waals surface area contributed by atoms with Crippen molar-refractivity contribution in [3.8, 4) is 0 Å². The summed E-state index contributed by atoms with van der Waals surface area (Å²) < 4.78 is 0. The van der Waals surface area contributed by atoms with Gasteiger partial charge in [0, 0.05) is 5.41 Å². The summed E-state index contributed by atoms with van der Waals surface area (Å²) in [6, 6.07) is 0. The maximum Gasteiger partial charge on any atom is 0.137 e. The fourth-order valence-electron chi connectivity index (χ4n) is 0.548. The number of thioether (sulfide) groups is 1. The van der Waals surface area contributed by atoms with Gasteiger partial charge in [-0.1, -0.05) is 11.8 Å². The Labute approximate surface area is 58.7 Å². The Hall–Kier alpha value is -0.240. The second-order valence-corrected chi connectivity index (χ2v) is 3.47. The lowest BCUT2D eigenvalue weighted by molar-refractivity contribution is 0.0807. The van der Waals surface area contributed by atoms with Gasteiger partial charge < -0.3 is 5.11 Å². The summed E-state index contributed by atoms with van der Waals surface area (Å²) in [6.07, 6.45) is 0. The van der Waals surface area contributed by atoms with Gasteiger partial charge in [-0.3, -0.25) is 0 Å². The molecule has 1 atom stereocenters. The predicted octanol–water partition coefficient (Wildman–Crippen LogP) is 1.01. The van der Waals surface area contributed by atoms with E-state index in [1.165, 1.54) is 11.8 Å². The van der Waals surface area contributed by atoms with Gasteiger partial charge in [0.1, 0.15) is 5.37 Å². The normalized spacial score (nSPS) is 25.4. The van der Waals surface area contributed by atoms with Crippen molar-refractivity contribution in [2.24, 2.45) is 4.99 Å². The maximum atomic E-state index is 9.34. The van der Waals surface area contributed by atoms with Crippen molar-refractivity contribution in [1.82, 2.24) is 0 Å². The van der Waals surface area contributed by atoms with E-state index >= 15 is 0 Å². The standard InChI is InChI=1S/C6H9NOS/c1-6(2,8)5-7-3-4-9-5/h4-5,8H,1-2H3. The van der Waals surface area contributed by atoms with Gasteiger partial charge in [-0.2, -0.15) is 0 Å². The van der Waals surface area contributed by atoms with Crippen LogP contribution in [0.2, 0.25) is 0 Å². The molecule has 0 spiro atoms. The number of nitrogens with zero attached hydrogens (tertiary/aromatic N) is 1. The average molecular weight is 143 g/mol. The molecular formula is C6H9NOS. The smallest absolute Gasteiger partial charge is 0.137 e. The van der Waals surface area contributed by atoms with Crippen molar-refractivity contribution in [2.45, 2.75) is 24.8 Å². The Morgan fingerprint density at radius 3 is 2.67 bits per heavy atom. The monoisotopic (exact) mass is 143 g/mol. The number of aliphatic hydroxyl groups is 1. The quantitative estimate of drug-likeness (QED) is 0.594. The van der Waals surface area contributed by atoms with E-state index in [2.05, 4.69) is 10.9 Å². The first-order valence-corrected chi connectivity index (χ1v) is 3.70. The summed E-state index contributed by atoms with van der Waals surface area (Å²) in [7, 11) is 0. The predicted molar refractivity (Wildman–Crippen MR) is 39.7 cm³/mol. The molecule has 0 aromatic rings. The number of aliphatic imine (C=N–C) groups is 1. The van der Waals surface area contributed by atoms with Crippen LogP contribution < -0.4 is 0 Å². The maximum absolute atomic E-state index is 9.34. The third-order valence-corrected chi connectivity index (χ3v) is 2.23. The van der Waals surface area contributed by atoms with Crippen molar-refractivity contribution in [1.29, 1.82) is 0 Å². The molecule has 0 saturated carbocycles. The van der Waals surface area contributed by atoms with Crippen LogP contribution in [0.25, 0.3) is 0 Å². The first kappa shape index (κ1) is 6.87. The zero-order valence-electron chi connectivity index (χ0n) is 5.46. The van der Waals surface area contributed by atoms with Crippen molar-refractivity contribution in [3.63, 3.8) is 0 Å². The molecule has 3 heteroatoms. The Bertz CT molecular complexity index is 164. The molecule has 1 aliphatic rings. The van der Waals surface area contributed by atoms with E-state index in [1.807, 2.05) is 0 Å². The SMILES string of the molecule is CC(C)(O)C1N=C=CS1. The van der Waals surface area contributed by atoms with Gasteiger partial charge in [0.05, 0.1) is 5.60 Å². The molecular weight excluding hydrogens is 134 g/mol. The topological polar surface area (TPSA) is 32.6 Å². The lowest BCUT2D eigenvalue weighted by atomic mass is 10.1. The molecule has 0 fully saturated rings. The molecule has 1 unspecified atom stereocenters. The van der Waals surface area contributed by atoms with E-state index in [0.29, 0.717) is 0 Å². The molecule has 2 nitrogen and oxygen atoms in total. The molecule has 0 saturated heterocycles. The highest BCUT2D eigenvalue weighted by Gasteiger charge is 2.27. The zero-order valence-corrected chi connectivity index (χ0v) is 6.27. The highest BCUT2D eigenvalue weighted by Crippen LogP contribution is 2.26. The molecule has 1 aliphatic heterocycles. The van der Waals surface area contributed by atoms with Gasteiger partial charge in [0.25, 0.3) is 0 Å². The molecule has 0 aromatic carbocycles. The molecule has 9 heavy (non-hydrogen) atoms. The first-order chi connectivity index (χ1) is 4.11. The molecule has 0 aromatic heterocycles. The largest absolute Gasteiger partial charge is 0.387 e. The van der Waals surface area contributed by atoms with Crippen molar-refractivity contribution < 1.29 is 5.11 Å². The van der Waals surface area contributed by atoms with Crippen LogP contribution in [0.1, 0.15) is 13.8 Å². The van der Waals surface area contributed by atoms with Crippen molar-refractivity contribution in [3.05, 3.63) is 5.41 Å². The van der Waals surface area contributed by atoms with Crippen LogP contribution >= 0.6 is 11.8 Å². The van der Waals surface area contributed by atoms with Gasteiger partial charge in [0.2, 0.25) is 0 Å². The number of rotatable bonds is 1. The lowest BCUT2D eigenvalue weighted by Crippen LogP contribution is -2.30. The summed E-state index contributed by atoms with van der Waals surface area (Å²) >= 11 is 1.50. The molecule has 1 rings (SSSR count). The highest BCUT2D eigenvalue weighted by atomic mass is 32.2. The van der Waals surface area contributed by atoms with E-state index in [4.69, 9.17) is 0 Å². The minimum atomic E-state index is -0.718. The Morgan fingerprint density at radius 1 is 1.78 bits per heavy atom. The van der Waals surface area contributed by atoms with Crippen molar-refractivity contribution in [2.75, 3.05) is 0 Å². The van der Waals surface area contributed by atoms with E-state index in [9.17, 15) is 5.11 Å². The van der Waals surface area contributed by atoms with Crippen LogP contribution in [-0.2, 0) is 0 Å². The summed E-state index contributed by atoms with van der Waals surface area (Å²) in [6.45, 7) is 3.49. The summed E-state index contributed by atoms with van der Waals surface area (Å²) in [5.74, 6) is 2.68. The first-order valence-electron chi connectivity index (χ1n) is 2.75. The summed E-state index contributed by atoms with van der Waals surface area (Å²) in [5.41, 5.74) is -0.718. The van der Waals surface area contributed by atoms with Crippen molar-refractivity contribution >= 4 is 17.6 Å². The average Bonchev–Trinajstić information content (AvgIpc) is 2.08. The highest BCUT2D eigenvalue weighted by molar-refractivity contribution is 8.03. The Balaban J connectivity index is 2.57. The van der Waals surface area contributed by atoms with Crippen LogP contribution in [-0.4, -0.2) is 22.0 Å². The third kappa shape index (κ3) is 1.58. The number of hydrogen-bond donors (Lipinski definition) is 1. The van der Waals surface area contributed by atoms with Crippen LogP contribution in [0.3, 0.4) is 0 Å². The van der Waals surface area contributed by atoms with Gasteiger partial charge in [0.15, 0.2) is 0 Å². The second-order valence-electron chi connectivity index (χ2n) is 2.52. The molecule has 50 valence electrons. The lowest BCUT2D eigenvalue weighted by Gasteiger charge is -2.20. The number of hydrogen-bond acceptors (Lipinski definition) is 3. The van der Waals surface area contributed by atoms with Gasteiger partial charge >= 0.3 is 0 Å². The van der Waals surface area contributed by atoms with Crippen LogP contribution in [0.4, 0.5) is 0 Å².